The van der Waals surface area contributed by atoms with Gasteiger partial charge in [0.15, 0.2) is 0 Å². The van der Waals surface area contributed by atoms with Crippen molar-refractivity contribution in [1.29, 1.82) is 0 Å². The zero-order valence-electron chi connectivity index (χ0n) is 22.4. The molecule has 0 aliphatic carbocycles. The molecule has 1 heterocycles. The van der Waals surface area contributed by atoms with E-state index in [4.69, 9.17) is 17.8 Å². The highest BCUT2D eigenvalue weighted by molar-refractivity contribution is 6.09. The molecule has 0 spiro atoms. The highest BCUT2D eigenvalue weighted by atomic mass is 15.0. The molecule has 0 atom stereocenters. The van der Waals surface area contributed by atoms with Crippen molar-refractivity contribution in [2.75, 3.05) is 0 Å². The Morgan fingerprint density at radius 2 is 1.05 bits per heavy atom. The van der Waals surface area contributed by atoms with E-state index in [-0.39, 0.29) is 21.8 Å². The van der Waals surface area contributed by atoms with Crippen LogP contribution in [0.1, 0.15) is 17.8 Å². The Hall–Kier alpha value is -2.54. The Labute approximate surface area is 130 Å². The monoisotopic (exact) mass is 256 g/mol. The van der Waals surface area contributed by atoms with Gasteiger partial charge in [-0.25, -0.2) is 0 Å². The Morgan fingerprint density at radius 3 is 1.63 bits per heavy atom. The van der Waals surface area contributed by atoms with Gasteiger partial charge < -0.3 is 4.57 Å². The first kappa shape index (κ1) is 3.73. The van der Waals surface area contributed by atoms with Crippen molar-refractivity contribution in [3.63, 3.8) is 0 Å². The van der Waals surface area contributed by atoms with Gasteiger partial charge in [-0.05, 0) is 24.2 Å². The topological polar surface area (TPSA) is 4.93 Å². The summed E-state index contributed by atoms with van der Waals surface area (Å²) in [7, 11) is 0. The first-order chi connectivity index (χ1) is 14.8. The van der Waals surface area contributed by atoms with E-state index in [1.807, 2.05) is 0 Å². The second-order valence-electron chi connectivity index (χ2n) is 3.76. The number of hydrogen-bond donors (Lipinski definition) is 0. The molecule has 0 N–H and O–H groups in total. The van der Waals surface area contributed by atoms with Crippen molar-refractivity contribution in [3.8, 4) is 5.69 Å². The van der Waals surface area contributed by atoms with Gasteiger partial charge in [-0.15, -0.1) is 0 Å². The summed E-state index contributed by atoms with van der Waals surface area (Å²) in [5.74, 6) is 0. The summed E-state index contributed by atoms with van der Waals surface area (Å²) in [6.07, 6.45) is 0. The fourth-order valence-electron chi connectivity index (χ4n) is 2.00. The van der Waals surface area contributed by atoms with Crippen LogP contribution in [0.2, 0.25) is 0 Å². The summed E-state index contributed by atoms with van der Waals surface area (Å²) in [6.45, 7) is 0. The molecule has 0 bridgehead atoms. The van der Waals surface area contributed by atoms with Crippen LogP contribution < -0.4 is 0 Å². The molecule has 0 fully saturated rings. The van der Waals surface area contributed by atoms with Crippen molar-refractivity contribution in [2.45, 2.75) is 0 Å². The average Bonchev–Trinajstić information content (AvgIpc) is 3.12. The van der Waals surface area contributed by atoms with Crippen molar-refractivity contribution < 1.29 is 17.8 Å². The molecule has 1 heteroatoms. The normalized spacial score (nSPS) is 20.7. The number of benzene rings is 3. The lowest BCUT2D eigenvalue weighted by atomic mass is 10.2. The summed E-state index contributed by atoms with van der Waals surface area (Å²) in [5, 5.41) is -0.463. The quantitative estimate of drug-likeness (QED) is 0.462. The minimum Gasteiger partial charge on any atom is -0.309 e. The van der Waals surface area contributed by atoms with Gasteiger partial charge in [0.25, 0.3) is 0 Å². The molecule has 90 valence electrons. The van der Waals surface area contributed by atoms with Crippen molar-refractivity contribution >= 4 is 21.8 Å². The molecule has 4 rings (SSSR count). The molecule has 0 radical (unpaired) electrons. The van der Waals surface area contributed by atoms with E-state index in [1.54, 1.807) is 0 Å². The van der Waals surface area contributed by atoms with Crippen LogP contribution in [0, 0.1) is 0 Å². The van der Waals surface area contributed by atoms with E-state index in [0.29, 0.717) is 0 Å². The number of hydrogen-bond acceptors (Lipinski definition) is 0. The standard InChI is InChI=1S/C18H13N/c1-2-8-14(9-3-1)19-17-12-6-4-10-15(17)16-11-5-7-13-18(16)19/h1-13H/i1D,2D,3D,4D,5D,6D,7D,8D,9D,10D,11D,12D,13D. The summed E-state index contributed by atoms with van der Waals surface area (Å²) in [5.41, 5.74) is -1.10. The van der Waals surface area contributed by atoms with Gasteiger partial charge in [0.2, 0.25) is 0 Å². The predicted molar refractivity (Wildman–Crippen MR) is 80.8 cm³/mol. The van der Waals surface area contributed by atoms with Crippen LogP contribution in [0.4, 0.5) is 0 Å². The van der Waals surface area contributed by atoms with Crippen LogP contribution in [0.25, 0.3) is 27.5 Å². The average molecular weight is 256 g/mol. The van der Waals surface area contributed by atoms with Crippen LogP contribution in [-0.4, -0.2) is 4.57 Å². The lowest BCUT2D eigenvalue weighted by Gasteiger charge is -2.06. The predicted octanol–water partition coefficient (Wildman–Crippen LogP) is 4.78. The zero-order valence-corrected chi connectivity index (χ0v) is 9.45. The van der Waals surface area contributed by atoms with E-state index in [9.17, 15) is 0 Å². The van der Waals surface area contributed by atoms with Crippen LogP contribution in [0.3, 0.4) is 0 Å². The number of nitrogens with zero attached hydrogens (tertiary/aromatic N) is 1. The minimum atomic E-state index is -0.697. The summed E-state index contributed by atoms with van der Waals surface area (Å²) in [6, 6.07) is -8.37. The van der Waals surface area contributed by atoms with Crippen LogP contribution >= 0.6 is 0 Å². The molecule has 0 aliphatic heterocycles. The molecule has 0 unspecified atom stereocenters. The molecular formula is C18H13N. The van der Waals surface area contributed by atoms with Gasteiger partial charge in [-0.3, -0.25) is 0 Å². The molecule has 3 aromatic carbocycles. The lowest BCUT2D eigenvalue weighted by Crippen LogP contribution is -1.92. The van der Waals surface area contributed by atoms with Crippen molar-refractivity contribution in [1.82, 2.24) is 4.57 Å². The first-order valence-corrected chi connectivity index (χ1v) is 5.42. The SMILES string of the molecule is [2H]c1c([2H])c([2H])c(-n2c3c([2H])c([2H])c([2H])c([2H])c3c3c([2H])c([2H])c([2H])c([2H])c32)c([2H])c1[2H]. The highest BCUT2D eigenvalue weighted by Gasteiger charge is 2.10. The molecule has 0 saturated carbocycles. The third-order valence-electron chi connectivity index (χ3n) is 2.74. The Kier molecular flexibility index (Phi) is 0.784. The van der Waals surface area contributed by atoms with Gasteiger partial charge >= 0.3 is 0 Å². The Bertz CT molecular complexity index is 1400. The number of para-hydroxylation sites is 3. The Balaban J connectivity index is 2.50. The smallest absolute Gasteiger partial charge is 0.0645 e. The summed E-state index contributed by atoms with van der Waals surface area (Å²) in [4.78, 5) is 0. The third-order valence-corrected chi connectivity index (χ3v) is 2.74. The third kappa shape index (κ3) is 1.48. The minimum absolute atomic E-state index is 0.232. The molecule has 0 amide bonds. The van der Waals surface area contributed by atoms with E-state index in [0.717, 1.165) is 4.57 Å². The van der Waals surface area contributed by atoms with E-state index >= 15 is 0 Å². The molecule has 0 saturated heterocycles. The molecule has 0 aliphatic rings. The van der Waals surface area contributed by atoms with Crippen molar-refractivity contribution in [2.24, 2.45) is 0 Å². The van der Waals surface area contributed by atoms with Gasteiger partial charge in [0, 0.05) is 16.5 Å². The fourth-order valence-corrected chi connectivity index (χ4v) is 2.00. The van der Waals surface area contributed by atoms with Crippen molar-refractivity contribution in [3.05, 3.63) is 78.6 Å². The van der Waals surface area contributed by atoms with Gasteiger partial charge in [-0.1, -0.05) is 54.4 Å². The maximum absolute atomic E-state index is 8.41. The zero-order chi connectivity index (χ0) is 24.0. The fraction of sp³-hybridized carbons (Fsp3) is 0. The number of aromatic nitrogens is 1. The van der Waals surface area contributed by atoms with E-state index < -0.39 is 84.2 Å². The van der Waals surface area contributed by atoms with E-state index in [2.05, 4.69) is 0 Å². The van der Waals surface area contributed by atoms with Gasteiger partial charge in [0.1, 0.15) is 0 Å². The second-order valence-corrected chi connectivity index (χ2v) is 3.76. The first-order valence-electron chi connectivity index (χ1n) is 11.9. The molecular weight excluding hydrogens is 230 g/mol. The summed E-state index contributed by atoms with van der Waals surface area (Å²) >= 11 is 0. The Morgan fingerprint density at radius 1 is 0.579 bits per heavy atom. The van der Waals surface area contributed by atoms with Gasteiger partial charge in [0.05, 0.1) is 28.9 Å². The summed E-state index contributed by atoms with van der Waals surface area (Å²) < 4.78 is 107. The number of rotatable bonds is 1. The highest BCUT2D eigenvalue weighted by Crippen LogP contribution is 2.31. The lowest BCUT2D eigenvalue weighted by molar-refractivity contribution is 1.18. The van der Waals surface area contributed by atoms with Gasteiger partial charge in [-0.2, -0.15) is 0 Å². The molecule has 1 nitrogen and oxygen atoms in total. The van der Waals surface area contributed by atoms with E-state index in [1.165, 1.54) is 0 Å². The molecule has 1 aromatic heterocycles. The molecule has 4 aromatic rings. The second kappa shape index (κ2) is 3.99. The number of fused-ring (bicyclic) bond motifs is 3. The van der Waals surface area contributed by atoms with Crippen LogP contribution in [0.5, 0.6) is 0 Å². The van der Waals surface area contributed by atoms with Crippen LogP contribution in [-0.2, 0) is 0 Å². The molecule has 19 heavy (non-hydrogen) atoms. The maximum Gasteiger partial charge on any atom is 0.0645 e. The van der Waals surface area contributed by atoms with Crippen LogP contribution in [0.15, 0.2) is 78.6 Å². The maximum atomic E-state index is 8.41. The largest absolute Gasteiger partial charge is 0.309 e.